The maximum atomic E-state index is 11.3. The molecule has 4 heteroatoms. The first-order valence-corrected chi connectivity index (χ1v) is 5.17. The molecular weight excluding hydrogens is 190 g/mol. The Labute approximate surface area is 89.9 Å². The molecule has 82 valence electrons. The first-order chi connectivity index (χ1) is 7.24. The van der Waals surface area contributed by atoms with Gasteiger partial charge in [0, 0.05) is 24.9 Å². The lowest BCUT2D eigenvalue weighted by Crippen LogP contribution is -2.40. The van der Waals surface area contributed by atoms with Crippen LogP contribution in [0, 0.1) is 0 Å². The molecular formula is C11H17N3O. The predicted octanol–water partition coefficient (Wildman–Crippen LogP) is 0.478. The summed E-state index contributed by atoms with van der Waals surface area (Å²) in [5.74, 6) is -0.0894. The summed E-state index contributed by atoms with van der Waals surface area (Å²) in [5, 5.41) is 2.78. The number of amides is 1. The smallest absolute Gasteiger partial charge is 0.236 e. The average Bonchev–Trinajstić information content (AvgIpc) is 2.29. The van der Waals surface area contributed by atoms with Crippen LogP contribution in [0.4, 0.5) is 0 Å². The van der Waals surface area contributed by atoms with Crippen LogP contribution in [0.25, 0.3) is 0 Å². The predicted molar refractivity (Wildman–Crippen MR) is 59.2 cm³/mol. The molecule has 0 aliphatic carbocycles. The van der Waals surface area contributed by atoms with Gasteiger partial charge in [0.15, 0.2) is 0 Å². The molecule has 0 saturated carbocycles. The van der Waals surface area contributed by atoms with E-state index in [0.717, 1.165) is 12.1 Å². The lowest BCUT2D eigenvalue weighted by Gasteiger charge is -2.09. The van der Waals surface area contributed by atoms with Crippen LogP contribution < -0.4 is 11.1 Å². The Morgan fingerprint density at radius 3 is 3.00 bits per heavy atom. The number of carbonyl (C=O) groups is 1. The van der Waals surface area contributed by atoms with Gasteiger partial charge in [0.2, 0.25) is 5.91 Å². The summed E-state index contributed by atoms with van der Waals surface area (Å²) in [5.41, 5.74) is 6.54. The molecule has 15 heavy (non-hydrogen) atoms. The van der Waals surface area contributed by atoms with Crippen molar-refractivity contribution >= 4 is 5.91 Å². The molecule has 1 aromatic heterocycles. The van der Waals surface area contributed by atoms with Gasteiger partial charge in [-0.2, -0.15) is 0 Å². The van der Waals surface area contributed by atoms with Crippen LogP contribution in [-0.2, 0) is 11.2 Å². The summed E-state index contributed by atoms with van der Waals surface area (Å²) >= 11 is 0. The van der Waals surface area contributed by atoms with Gasteiger partial charge in [0.25, 0.3) is 0 Å². The van der Waals surface area contributed by atoms with Gasteiger partial charge in [-0.05, 0) is 18.6 Å². The van der Waals surface area contributed by atoms with Crippen molar-refractivity contribution in [2.24, 2.45) is 5.73 Å². The molecule has 0 aromatic carbocycles. The van der Waals surface area contributed by atoms with Crippen molar-refractivity contribution in [3.8, 4) is 0 Å². The van der Waals surface area contributed by atoms with Crippen LogP contribution in [0.15, 0.2) is 24.4 Å². The molecule has 1 heterocycles. The first kappa shape index (κ1) is 11.7. The van der Waals surface area contributed by atoms with E-state index in [-0.39, 0.29) is 5.91 Å². The lowest BCUT2D eigenvalue weighted by atomic mass is 10.2. The maximum absolute atomic E-state index is 11.3. The van der Waals surface area contributed by atoms with E-state index in [4.69, 9.17) is 5.73 Å². The molecule has 0 saturated heterocycles. The number of nitrogens with one attached hydrogen (secondary N) is 1. The summed E-state index contributed by atoms with van der Waals surface area (Å²) in [7, 11) is 0. The number of aromatic nitrogens is 1. The number of hydrogen-bond acceptors (Lipinski definition) is 3. The monoisotopic (exact) mass is 207 g/mol. The highest BCUT2D eigenvalue weighted by molar-refractivity contribution is 5.81. The van der Waals surface area contributed by atoms with Gasteiger partial charge in [-0.3, -0.25) is 9.78 Å². The molecule has 1 aromatic rings. The minimum atomic E-state index is -0.395. The Hall–Kier alpha value is -1.42. The van der Waals surface area contributed by atoms with E-state index in [0.29, 0.717) is 13.0 Å². The Bertz CT molecular complexity index is 300. The van der Waals surface area contributed by atoms with E-state index in [9.17, 15) is 4.79 Å². The van der Waals surface area contributed by atoms with Crippen LogP contribution in [0.1, 0.15) is 19.0 Å². The third-order valence-corrected chi connectivity index (χ3v) is 2.18. The Kier molecular flexibility index (Phi) is 4.77. The normalized spacial score (nSPS) is 12.1. The van der Waals surface area contributed by atoms with Crippen molar-refractivity contribution in [1.29, 1.82) is 0 Å². The van der Waals surface area contributed by atoms with Crippen molar-refractivity contribution in [2.45, 2.75) is 25.8 Å². The molecule has 0 bridgehead atoms. The number of hydrogen-bond donors (Lipinski definition) is 2. The molecule has 0 radical (unpaired) electrons. The lowest BCUT2D eigenvalue weighted by molar-refractivity contribution is -0.122. The van der Waals surface area contributed by atoms with Crippen molar-refractivity contribution in [1.82, 2.24) is 10.3 Å². The van der Waals surface area contributed by atoms with E-state index in [1.165, 1.54) is 0 Å². The minimum Gasteiger partial charge on any atom is -0.354 e. The summed E-state index contributed by atoms with van der Waals surface area (Å²) in [6, 6.07) is 5.34. The van der Waals surface area contributed by atoms with Crippen LogP contribution in [-0.4, -0.2) is 23.5 Å². The van der Waals surface area contributed by atoms with Gasteiger partial charge >= 0.3 is 0 Å². The Morgan fingerprint density at radius 1 is 1.60 bits per heavy atom. The number of pyridine rings is 1. The van der Waals surface area contributed by atoms with E-state index >= 15 is 0 Å². The van der Waals surface area contributed by atoms with E-state index in [1.807, 2.05) is 25.1 Å². The molecule has 0 spiro atoms. The van der Waals surface area contributed by atoms with Gasteiger partial charge in [-0.25, -0.2) is 0 Å². The highest BCUT2D eigenvalue weighted by Crippen LogP contribution is 1.93. The highest BCUT2D eigenvalue weighted by atomic mass is 16.2. The van der Waals surface area contributed by atoms with E-state index in [1.54, 1.807) is 6.20 Å². The van der Waals surface area contributed by atoms with Crippen LogP contribution in [0.3, 0.4) is 0 Å². The molecule has 0 aliphatic rings. The van der Waals surface area contributed by atoms with Crippen molar-refractivity contribution in [3.63, 3.8) is 0 Å². The van der Waals surface area contributed by atoms with E-state index in [2.05, 4.69) is 10.3 Å². The molecule has 0 unspecified atom stereocenters. The topological polar surface area (TPSA) is 68.0 Å². The van der Waals surface area contributed by atoms with Crippen LogP contribution in [0.5, 0.6) is 0 Å². The third-order valence-electron chi connectivity index (χ3n) is 2.18. The number of carbonyl (C=O) groups excluding carboxylic acids is 1. The van der Waals surface area contributed by atoms with Crippen LogP contribution in [0.2, 0.25) is 0 Å². The van der Waals surface area contributed by atoms with Crippen LogP contribution >= 0.6 is 0 Å². The van der Waals surface area contributed by atoms with Gasteiger partial charge in [-0.15, -0.1) is 0 Å². The summed E-state index contributed by atoms with van der Waals surface area (Å²) in [4.78, 5) is 15.5. The van der Waals surface area contributed by atoms with E-state index < -0.39 is 6.04 Å². The van der Waals surface area contributed by atoms with Gasteiger partial charge in [0.05, 0.1) is 6.04 Å². The first-order valence-electron chi connectivity index (χ1n) is 5.17. The molecule has 1 amide bonds. The van der Waals surface area contributed by atoms with Gasteiger partial charge < -0.3 is 11.1 Å². The SMILES string of the molecule is CC[C@H](N)C(=O)NCCc1ccccn1. The Balaban J connectivity index is 2.25. The minimum absolute atomic E-state index is 0.0894. The number of nitrogens with zero attached hydrogens (tertiary/aromatic N) is 1. The maximum Gasteiger partial charge on any atom is 0.236 e. The summed E-state index contributed by atoms with van der Waals surface area (Å²) in [6.45, 7) is 2.48. The highest BCUT2D eigenvalue weighted by Gasteiger charge is 2.09. The molecule has 3 N–H and O–H groups in total. The zero-order chi connectivity index (χ0) is 11.1. The quantitative estimate of drug-likeness (QED) is 0.737. The average molecular weight is 207 g/mol. The fraction of sp³-hybridized carbons (Fsp3) is 0.455. The molecule has 1 rings (SSSR count). The molecule has 0 aliphatic heterocycles. The van der Waals surface area contributed by atoms with Crippen molar-refractivity contribution in [3.05, 3.63) is 30.1 Å². The van der Waals surface area contributed by atoms with Gasteiger partial charge in [0.1, 0.15) is 0 Å². The second kappa shape index (κ2) is 6.14. The number of nitrogens with two attached hydrogens (primary N) is 1. The Morgan fingerprint density at radius 2 is 2.40 bits per heavy atom. The molecule has 0 fully saturated rings. The fourth-order valence-corrected chi connectivity index (χ4v) is 1.18. The molecule has 4 nitrogen and oxygen atoms in total. The fourth-order valence-electron chi connectivity index (χ4n) is 1.18. The van der Waals surface area contributed by atoms with Crippen molar-refractivity contribution in [2.75, 3.05) is 6.54 Å². The van der Waals surface area contributed by atoms with Crippen molar-refractivity contribution < 1.29 is 4.79 Å². The second-order valence-electron chi connectivity index (χ2n) is 3.38. The standard InChI is InChI=1S/C11H17N3O/c1-2-10(12)11(15)14-8-6-9-5-3-4-7-13-9/h3-5,7,10H,2,6,8,12H2,1H3,(H,14,15)/t10-/m0/s1. The largest absolute Gasteiger partial charge is 0.354 e. The summed E-state index contributed by atoms with van der Waals surface area (Å²) < 4.78 is 0. The molecule has 1 atom stereocenters. The zero-order valence-corrected chi connectivity index (χ0v) is 8.94. The number of rotatable bonds is 5. The second-order valence-corrected chi connectivity index (χ2v) is 3.38. The van der Waals surface area contributed by atoms with Gasteiger partial charge in [-0.1, -0.05) is 13.0 Å². The third kappa shape index (κ3) is 4.08. The zero-order valence-electron chi connectivity index (χ0n) is 8.94. The summed E-state index contributed by atoms with van der Waals surface area (Å²) in [6.07, 6.45) is 3.15.